The molecule has 0 radical (unpaired) electrons. The summed E-state index contributed by atoms with van der Waals surface area (Å²) in [4.78, 5) is 26.5. The Morgan fingerprint density at radius 2 is 1.76 bits per heavy atom. The zero-order valence-corrected chi connectivity index (χ0v) is 18.4. The molecule has 0 bridgehead atoms. The number of methoxy groups -OCH3 is 2. The molecular weight excluding hydrogens is 438 g/mol. The lowest BCUT2D eigenvalue weighted by atomic mass is 9.88. The van der Waals surface area contributed by atoms with Crippen LogP contribution in [0.2, 0.25) is 0 Å². The molecule has 1 aromatic heterocycles. The van der Waals surface area contributed by atoms with Crippen LogP contribution in [0.1, 0.15) is 17.0 Å². The molecule has 172 valence electrons. The van der Waals surface area contributed by atoms with Crippen LogP contribution in [0.3, 0.4) is 0 Å². The Labute approximate surface area is 194 Å². The number of nitrogens with one attached hydrogen (secondary N) is 1. The Hall–Kier alpha value is -4.46. The van der Waals surface area contributed by atoms with E-state index in [-0.39, 0.29) is 17.1 Å². The molecule has 3 aromatic carbocycles. The third-order valence-electron chi connectivity index (χ3n) is 5.84. The average Bonchev–Trinajstić information content (AvgIpc) is 3.27. The molecule has 0 saturated heterocycles. The molecule has 2 N–H and O–H groups in total. The maximum atomic E-state index is 13.4. The molecule has 34 heavy (non-hydrogen) atoms. The summed E-state index contributed by atoms with van der Waals surface area (Å²) < 4.78 is 22.1. The SMILES string of the molecule is COc1ccc(NC(=O)[C@H]2Oc3c(c(=O)oc4ccccc34)[C@H]2c2ccc(O)c(OC)c2)cc1. The number of carbonyl (C=O) groups excluding carboxylic acids is 1. The molecule has 0 fully saturated rings. The number of hydrogen-bond donors (Lipinski definition) is 2. The maximum Gasteiger partial charge on any atom is 0.344 e. The van der Waals surface area contributed by atoms with Gasteiger partial charge in [-0.3, -0.25) is 4.79 Å². The van der Waals surface area contributed by atoms with E-state index in [2.05, 4.69) is 5.32 Å². The summed E-state index contributed by atoms with van der Waals surface area (Å²) >= 11 is 0. The van der Waals surface area contributed by atoms with Crippen LogP contribution < -0.4 is 25.2 Å². The van der Waals surface area contributed by atoms with Crippen molar-refractivity contribution in [2.24, 2.45) is 0 Å². The summed E-state index contributed by atoms with van der Waals surface area (Å²) in [6.45, 7) is 0. The zero-order valence-electron chi connectivity index (χ0n) is 18.4. The van der Waals surface area contributed by atoms with E-state index < -0.39 is 23.6 Å². The van der Waals surface area contributed by atoms with Crippen molar-refractivity contribution < 1.29 is 28.5 Å². The number of rotatable bonds is 5. The van der Waals surface area contributed by atoms with Crippen molar-refractivity contribution in [2.45, 2.75) is 12.0 Å². The molecule has 1 aliphatic heterocycles. The van der Waals surface area contributed by atoms with E-state index in [0.29, 0.717) is 33.7 Å². The summed E-state index contributed by atoms with van der Waals surface area (Å²) in [5.74, 6) is -0.120. The van der Waals surface area contributed by atoms with E-state index in [4.69, 9.17) is 18.6 Å². The van der Waals surface area contributed by atoms with Gasteiger partial charge in [0.1, 0.15) is 17.1 Å². The molecule has 2 atom stereocenters. The standard InChI is InChI=1S/C26H21NO7/c1-31-16-10-8-15(9-11-16)27-25(29)24-21(14-7-12-18(28)20(13-14)32-2)22-23(34-24)17-5-3-4-6-19(17)33-26(22)30/h3-13,21,24,28H,1-2H3,(H,27,29)/t21-,24+/m1/s1. The van der Waals surface area contributed by atoms with E-state index in [1.807, 2.05) is 0 Å². The predicted molar refractivity (Wildman–Crippen MR) is 125 cm³/mol. The molecule has 8 nitrogen and oxygen atoms in total. The number of anilines is 1. The van der Waals surface area contributed by atoms with Crippen LogP contribution in [0.5, 0.6) is 23.0 Å². The van der Waals surface area contributed by atoms with Crippen LogP contribution in [0.4, 0.5) is 5.69 Å². The second-order valence-electron chi connectivity index (χ2n) is 7.79. The minimum absolute atomic E-state index is 0.0600. The molecule has 0 saturated carbocycles. The van der Waals surface area contributed by atoms with Gasteiger partial charge in [0.15, 0.2) is 17.6 Å². The summed E-state index contributed by atoms with van der Waals surface area (Å²) in [5.41, 5.74) is 1.12. The molecule has 2 heterocycles. The van der Waals surface area contributed by atoms with E-state index in [0.717, 1.165) is 0 Å². The lowest BCUT2D eigenvalue weighted by Gasteiger charge is -2.19. The Kier molecular flexibility index (Phi) is 5.33. The van der Waals surface area contributed by atoms with Gasteiger partial charge in [-0.2, -0.15) is 0 Å². The van der Waals surface area contributed by atoms with Crippen LogP contribution in [0, 0.1) is 0 Å². The number of amides is 1. The van der Waals surface area contributed by atoms with Gasteiger partial charge < -0.3 is 29.1 Å². The van der Waals surface area contributed by atoms with Gasteiger partial charge in [0.05, 0.1) is 31.1 Å². The smallest absolute Gasteiger partial charge is 0.344 e. The van der Waals surface area contributed by atoms with Crippen molar-refractivity contribution >= 4 is 22.6 Å². The summed E-state index contributed by atoms with van der Waals surface area (Å²) in [6, 6.07) is 18.5. The summed E-state index contributed by atoms with van der Waals surface area (Å²) in [6.07, 6.45) is -1.07. The van der Waals surface area contributed by atoms with Gasteiger partial charge in [-0.15, -0.1) is 0 Å². The summed E-state index contributed by atoms with van der Waals surface area (Å²) in [5, 5.41) is 13.5. The fourth-order valence-electron chi connectivity index (χ4n) is 4.20. The maximum absolute atomic E-state index is 13.4. The first-order valence-electron chi connectivity index (χ1n) is 10.5. The van der Waals surface area contributed by atoms with Crippen molar-refractivity contribution in [3.8, 4) is 23.0 Å². The Bertz CT molecular complexity index is 1440. The molecular formula is C26H21NO7. The first kappa shape index (κ1) is 21.4. The monoisotopic (exact) mass is 459 g/mol. The average molecular weight is 459 g/mol. The Morgan fingerprint density at radius 3 is 2.50 bits per heavy atom. The lowest BCUT2D eigenvalue weighted by Crippen LogP contribution is -2.35. The molecule has 4 aromatic rings. The lowest BCUT2D eigenvalue weighted by molar-refractivity contribution is -0.122. The highest BCUT2D eigenvalue weighted by atomic mass is 16.5. The van der Waals surface area contributed by atoms with Crippen LogP contribution in [0.25, 0.3) is 11.0 Å². The number of benzene rings is 3. The van der Waals surface area contributed by atoms with E-state index in [1.54, 1.807) is 67.8 Å². The second-order valence-corrected chi connectivity index (χ2v) is 7.79. The number of phenols is 1. The van der Waals surface area contributed by atoms with Crippen LogP contribution >= 0.6 is 0 Å². The van der Waals surface area contributed by atoms with Crippen molar-refractivity contribution in [2.75, 3.05) is 19.5 Å². The van der Waals surface area contributed by atoms with Gasteiger partial charge in [0.2, 0.25) is 0 Å². The normalized spacial score (nSPS) is 16.5. The third-order valence-corrected chi connectivity index (χ3v) is 5.84. The number of para-hydroxylation sites is 1. The van der Waals surface area contributed by atoms with Gasteiger partial charge in [-0.25, -0.2) is 4.79 Å². The number of carbonyl (C=O) groups is 1. The highest BCUT2D eigenvalue weighted by Crippen LogP contribution is 2.45. The molecule has 5 rings (SSSR count). The van der Waals surface area contributed by atoms with Gasteiger partial charge >= 0.3 is 5.63 Å². The van der Waals surface area contributed by atoms with Gasteiger partial charge in [-0.05, 0) is 54.1 Å². The van der Waals surface area contributed by atoms with Crippen molar-refractivity contribution in [1.82, 2.24) is 0 Å². The largest absolute Gasteiger partial charge is 0.504 e. The Morgan fingerprint density at radius 1 is 1.00 bits per heavy atom. The number of aromatic hydroxyl groups is 1. The minimum atomic E-state index is -1.07. The first-order valence-corrected chi connectivity index (χ1v) is 10.5. The highest BCUT2D eigenvalue weighted by molar-refractivity contribution is 5.97. The number of ether oxygens (including phenoxy) is 3. The summed E-state index contributed by atoms with van der Waals surface area (Å²) in [7, 11) is 2.98. The molecule has 1 amide bonds. The van der Waals surface area contributed by atoms with Gasteiger partial charge in [0, 0.05) is 5.69 Å². The van der Waals surface area contributed by atoms with Crippen molar-refractivity contribution in [1.29, 1.82) is 0 Å². The number of phenolic OH excluding ortho intramolecular Hbond substituents is 1. The second kappa shape index (κ2) is 8.47. The van der Waals surface area contributed by atoms with E-state index in [1.165, 1.54) is 13.2 Å². The molecule has 0 unspecified atom stereocenters. The third kappa shape index (κ3) is 3.59. The molecule has 0 aliphatic carbocycles. The fourth-order valence-corrected chi connectivity index (χ4v) is 4.20. The zero-order chi connectivity index (χ0) is 23.8. The minimum Gasteiger partial charge on any atom is -0.504 e. The molecule has 8 heteroatoms. The van der Waals surface area contributed by atoms with Crippen LogP contribution in [-0.4, -0.2) is 31.3 Å². The predicted octanol–water partition coefficient (Wildman–Crippen LogP) is 4.05. The van der Waals surface area contributed by atoms with Gasteiger partial charge in [-0.1, -0.05) is 18.2 Å². The number of fused-ring (bicyclic) bond motifs is 3. The van der Waals surface area contributed by atoms with Crippen LogP contribution in [0.15, 0.2) is 75.9 Å². The van der Waals surface area contributed by atoms with Crippen LogP contribution in [-0.2, 0) is 4.79 Å². The molecule has 0 spiro atoms. The van der Waals surface area contributed by atoms with E-state index >= 15 is 0 Å². The fraction of sp³-hybridized carbons (Fsp3) is 0.154. The topological polar surface area (TPSA) is 107 Å². The van der Waals surface area contributed by atoms with Crippen molar-refractivity contribution in [3.05, 3.63) is 88.3 Å². The van der Waals surface area contributed by atoms with Crippen molar-refractivity contribution in [3.63, 3.8) is 0 Å². The molecule has 1 aliphatic rings. The quantitative estimate of drug-likeness (QED) is 0.434. The number of hydrogen-bond acceptors (Lipinski definition) is 7. The Balaban J connectivity index is 1.62. The van der Waals surface area contributed by atoms with E-state index in [9.17, 15) is 14.7 Å². The highest BCUT2D eigenvalue weighted by Gasteiger charge is 2.44. The van der Waals surface area contributed by atoms with Gasteiger partial charge in [0.25, 0.3) is 5.91 Å². The first-order chi connectivity index (χ1) is 16.5.